The molecule has 0 saturated carbocycles. The molecule has 5 nitrogen and oxygen atoms in total. The molecule has 170 valence electrons. The third kappa shape index (κ3) is 4.83. The topological polar surface area (TPSA) is 63.1 Å². The molecule has 3 aromatic rings. The number of halogens is 4. The second-order valence-corrected chi connectivity index (χ2v) is 7.69. The zero-order valence-corrected chi connectivity index (χ0v) is 17.8. The molecule has 0 saturated heterocycles. The van der Waals surface area contributed by atoms with Crippen LogP contribution < -0.4 is 16.2 Å². The van der Waals surface area contributed by atoms with E-state index in [0.29, 0.717) is 40.7 Å². The van der Waals surface area contributed by atoms with Crippen LogP contribution in [0.2, 0.25) is 0 Å². The van der Waals surface area contributed by atoms with Crippen LogP contribution in [0, 0.1) is 12.7 Å². The molecule has 0 aliphatic rings. The third-order valence-corrected chi connectivity index (χ3v) is 5.26. The second kappa shape index (κ2) is 9.12. The summed E-state index contributed by atoms with van der Waals surface area (Å²) in [7, 11) is 1.79. The summed E-state index contributed by atoms with van der Waals surface area (Å²) < 4.78 is 53.6. The van der Waals surface area contributed by atoms with Gasteiger partial charge in [-0.1, -0.05) is 12.1 Å². The predicted octanol–water partition coefficient (Wildman–Crippen LogP) is 4.43. The Kier molecular flexibility index (Phi) is 6.68. The van der Waals surface area contributed by atoms with E-state index < -0.39 is 23.5 Å². The molecule has 0 radical (unpaired) electrons. The van der Waals surface area contributed by atoms with Crippen LogP contribution >= 0.6 is 0 Å². The monoisotopic (exact) mass is 449 g/mol. The van der Waals surface area contributed by atoms with E-state index >= 15 is 0 Å². The summed E-state index contributed by atoms with van der Waals surface area (Å²) in [5, 5.41) is 6.72. The molecule has 0 bridgehead atoms. The molecule has 1 atom stereocenters. The molecule has 2 aromatic carbocycles. The number of likely N-dealkylation sites (N-methyl/N-ethyl adjacent to an activating group) is 1. The summed E-state index contributed by atoms with van der Waals surface area (Å²) >= 11 is 0. The van der Waals surface area contributed by atoms with Crippen molar-refractivity contribution < 1.29 is 22.4 Å². The number of nitrogens with one attached hydrogen (secondary N) is 2. The van der Waals surface area contributed by atoms with Crippen molar-refractivity contribution in [2.24, 2.45) is 0 Å². The van der Waals surface area contributed by atoms with Gasteiger partial charge in [0.2, 0.25) is 5.91 Å². The van der Waals surface area contributed by atoms with Crippen molar-refractivity contribution in [1.82, 2.24) is 9.88 Å². The van der Waals surface area contributed by atoms with E-state index in [4.69, 9.17) is 0 Å². The maximum Gasteiger partial charge on any atom is 0.419 e. The Hall–Kier alpha value is -3.20. The number of anilines is 1. The number of carbonyl (C=O) groups is 1. The molecular formula is C23H23F4N3O2. The Morgan fingerprint density at radius 1 is 1.12 bits per heavy atom. The number of hydrogen-bond donors (Lipinski definition) is 2. The van der Waals surface area contributed by atoms with Crippen LogP contribution in [0.5, 0.6) is 0 Å². The standard InChI is InChI=1S/C23H23F4N3O2/c1-13-4-6-17-16(8-9-30(22(17)32)14(2)12-28-3)21(13)29-20(31)11-15-5-7-18(19(24)10-15)23(25,26)27/h4-10,14,28H,11-12H2,1-3H3,(H,29,31). The van der Waals surface area contributed by atoms with Gasteiger partial charge >= 0.3 is 6.18 Å². The molecule has 1 unspecified atom stereocenters. The highest BCUT2D eigenvalue weighted by atomic mass is 19.4. The molecule has 2 N–H and O–H groups in total. The summed E-state index contributed by atoms with van der Waals surface area (Å²) in [6.07, 6.45) is -3.46. The van der Waals surface area contributed by atoms with Crippen LogP contribution in [0.4, 0.5) is 23.2 Å². The minimum absolute atomic E-state index is 0.0780. The predicted molar refractivity (Wildman–Crippen MR) is 115 cm³/mol. The number of fused-ring (bicyclic) bond motifs is 1. The first-order valence-electron chi connectivity index (χ1n) is 9.97. The minimum Gasteiger partial charge on any atom is -0.325 e. The van der Waals surface area contributed by atoms with E-state index in [1.165, 1.54) is 0 Å². The van der Waals surface area contributed by atoms with E-state index in [2.05, 4.69) is 10.6 Å². The number of rotatable bonds is 6. The third-order valence-electron chi connectivity index (χ3n) is 5.26. The van der Waals surface area contributed by atoms with Gasteiger partial charge in [-0.2, -0.15) is 13.2 Å². The van der Waals surface area contributed by atoms with Crippen molar-refractivity contribution >= 4 is 22.4 Å². The molecule has 0 aliphatic carbocycles. The Morgan fingerprint density at radius 2 is 1.84 bits per heavy atom. The normalized spacial score (nSPS) is 12.7. The molecule has 0 aliphatic heterocycles. The minimum atomic E-state index is -4.80. The lowest BCUT2D eigenvalue weighted by Gasteiger charge is -2.17. The number of pyridine rings is 1. The van der Waals surface area contributed by atoms with Crippen molar-refractivity contribution in [3.8, 4) is 0 Å². The average molecular weight is 449 g/mol. The number of carbonyl (C=O) groups excluding carboxylic acids is 1. The van der Waals surface area contributed by atoms with Crippen molar-refractivity contribution in [1.29, 1.82) is 0 Å². The molecule has 3 rings (SSSR count). The lowest BCUT2D eigenvalue weighted by atomic mass is 10.0. The van der Waals surface area contributed by atoms with Gasteiger partial charge in [-0.15, -0.1) is 0 Å². The van der Waals surface area contributed by atoms with E-state index in [1.54, 1.807) is 42.9 Å². The van der Waals surface area contributed by atoms with Crippen LogP contribution in [-0.4, -0.2) is 24.1 Å². The molecule has 1 amide bonds. The number of aryl methyl sites for hydroxylation is 1. The van der Waals surface area contributed by atoms with Crippen LogP contribution in [0.3, 0.4) is 0 Å². The Labute approximate surface area is 182 Å². The highest BCUT2D eigenvalue weighted by molar-refractivity contribution is 6.03. The fraction of sp³-hybridized carbons (Fsp3) is 0.304. The quantitative estimate of drug-likeness (QED) is 0.548. The van der Waals surface area contributed by atoms with E-state index in [0.717, 1.165) is 6.07 Å². The summed E-state index contributed by atoms with van der Waals surface area (Å²) in [6.45, 7) is 4.27. The molecule has 32 heavy (non-hydrogen) atoms. The van der Waals surface area contributed by atoms with Gasteiger partial charge in [-0.3, -0.25) is 9.59 Å². The molecule has 1 aromatic heterocycles. The fourth-order valence-corrected chi connectivity index (χ4v) is 3.62. The van der Waals surface area contributed by atoms with Crippen molar-refractivity contribution in [3.05, 3.63) is 75.5 Å². The Bertz CT molecular complexity index is 1220. The first-order valence-corrected chi connectivity index (χ1v) is 9.97. The zero-order valence-electron chi connectivity index (χ0n) is 17.8. The smallest absolute Gasteiger partial charge is 0.325 e. The molecule has 1 heterocycles. The molecular weight excluding hydrogens is 426 g/mol. The fourth-order valence-electron chi connectivity index (χ4n) is 3.62. The van der Waals surface area contributed by atoms with Gasteiger partial charge in [0.1, 0.15) is 5.82 Å². The van der Waals surface area contributed by atoms with Crippen LogP contribution in [0.1, 0.15) is 29.7 Å². The van der Waals surface area contributed by atoms with Crippen LogP contribution in [0.15, 0.2) is 47.4 Å². The van der Waals surface area contributed by atoms with Crippen molar-refractivity contribution in [3.63, 3.8) is 0 Å². The van der Waals surface area contributed by atoms with Gasteiger partial charge < -0.3 is 15.2 Å². The number of hydrogen-bond acceptors (Lipinski definition) is 3. The molecule has 0 spiro atoms. The Balaban J connectivity index is 1.89. The first kappa shape index (κ1) is 23.5. The maximum atomic E-state index is 13.8. The maximum absolute atomic E-state index is 13.8. The highest BCUT2D eigenvalue weighted by Crippen LogP contribution is 2.32. The number of nitrogens with zero attached hydrogens (tertiary/aromatic N) is 1. The summed E-state index contributed by atoms with van der Waals surface area (Å²) in [5.74, 6) is -1.96. The lowest BCUT2D eigenvalue weighted by molar-refractivity contribution is -0.140. The van der Waals surface area contributed by atoms with Gasteiger partial charge in [0.05, 0.1) is 17.7 Å². The van der Waals surface area contributed by atoms with Gasteiger partial charge in [0.15, 0.2) is 0 Å². The van der Waals surface area contributed by atoms with Crippen LogP contribution in [0.25, 0.3) is 10.8 Å². The van der Waals surface area contributed by atoms with Gasteiger partial charge in [-0.25, -0.2) is 4.39 Å². The lowest BCUT2D eigenvalue weighted by Crippen LogP contribution is -2.29. The highest BCUT2D eigenvalue weighted by Gasteiger charge is 2.34. The number of aromatic nitrogens is 1. The van der Waals surface area contributed by atoms with Gasteiger partial charge in [0.25, 0.3) is 5.56 Å². The zero-order chi connectivity index (χ0) is 23.6. The Morgan fingerprint density at radius 3 is 2.47 bits per heavy atom. The van der Waals surface area contributed by atoms with E-state index in [-0.39, 0.29) is 23.6 Å². The number of amides is 1. The molecule has 0 fully saturated rings. The largest absolute Gasteiger partial charge is 0.419 e. The number of alkyl halides is 3. The average Bonchev–Trinajstić information content (AvgIpc) is 2.69. The van der Waals surface area contributed by atoms with E-state index in [9.17, 15) is 27.2 Å². The summed E-state index contributed by atoms with van der Waals surface area (Å²) in [5.41, 5.74) is -0.328. The summed E-state index contributed by atoms with van der Waals surface area (Å²) in [6, 6.07) is 7.47. The number of benzene rings is 2. The first-order chi connectivity index (χ1) is 15.0. The van der Waals surface area contributed by atoms with Crippen molar-refractivity contribution in [2.75, 3.05) is 18.9 Å². The van der Waals surface area contributed by atoms with Gasteiger partial charge in [-0.05, 0) is 56.3 Å². The summed E-state index contributed by atoms with van der Waals surface area (Å²) in [4.78, 5) is 25.5. The van der Waals surface area contributed by atoms with E-state index in [1.807, 2.05) is 6.92 Å². The van der Waals surface area contributed by atoms with Crippen molar-refractivity contribution in [2.45, 2.75) is 32.5 Å². The molecule has 9 heteroatoms. The van der Waals surface area contributed by atoms with Gasteiger partial charge in [0, 0.05) is 29.6 Å². The second-order valence-electron chi connectivity index (χ2n) is 7.69. The van der Waals surface area contributed by atoms with Crippen LogP contribution in [-0.2, 0) is 17.4 Å². The SMILES string of the molecule is CNCC(C)n1ccc2c(NC(=O)Cc3ccc(C(F)(F)F)c(F)c3)c(C)ccc2c1=O.